The van der Waals surface area contributed by atoms with Crippen LogP contribution in [0.5, 0.6) is 5.75 Å². The third-order valence-electron chi connectivity index (χ3n) is 4.61. The average molecular weight is 362 g/mol. The van der Waals surface area contributed by atoms with Crippen molar-refractivity contribution in [3.05, 3.63) is 29.8 Å². The van der Waals surface area contributed by atoms with Crippen molar-refractivity contribution in [3.63, 3.8) is 0 Å². The summed E-state index contributed by atoms with van der Waals surface area (Å²) in [6, 6.07) is 4.50. The maximum Gasteiger partial charge on any atom is 0.326 e. The van der Waals surface area contributed by atoms with E-state index in [9.17, 15) is 24.6 Å². The van der Waals surface area contributed by atoms with Crippen LogP contribution < -0.4 is 5.32 Å². The van der Waals surface area contributed by atoms with Gasteiger partial charge in [0.1, 0.15) is 17.8 Å². The zero-order chi connectivity index (χ0) is 19.1. The molecular weight excluding hydrogens is 336 g/mol. The molecule has 142 valence electrons. The van der Waals surface area contributed by atoms with Gasteiger partial charge in [-0.05, 0) is 37.0 Å². The maximum atomic E-state index is 12.6. The lowest BCUT2D eigenvalue weighted by molar-refractivity contribution is -0.143. The minimum absolute atomic E-state index is 0.0464. The van der Waals surface area contributed by atoms with Crippen molar-refractivity contribution < 1.29 is 24.6 Å². The lowest BCUT2D eigenvalue weighted by Crippen LogP contribution is -2.51. The van der Waals surface area contributed by atoms with Crippen LogP contribution in [0.3, 0.4) is 0 Å². The molecule has 1 saturated heterocycles. The van der Waals surface area contributed by atoms with Crippen molar-refractivity contribution in [1.29, 1.82) is 0 Å². The van der Waals surface area contributed by atoms with Gasteiger partial charge < -0.3 is 20.4 Å². The number of carboxylic acids is 1. The molecule has 1 aromatic carbocycles. The lowest BCUT2D eigenvalue weighted by atomic mass is 10.0. The number of carboxylic acid groups (broad SMARTS) is 1. The van der Waals surface area contributed by atoms with Crippen LogP contribution in [0.15, 0.2) is 24.3 Å². The third-order valence-corrected chi connectivity index (χ3v) is 4.61. The Bertz CT molecular complexity index is 644. The number of amides is 2. The van der Waals surface area contributed by atoms with E-state index in [0.29, 0.717) is 24.9 Å². The van der Waals surface area contributed by atoms with Crippen LogP contribution in [0.1, 0.15) is 44.6 Å². The van der Waals surface area contributed by atoms with E-state index in [1.165, 1.54) is 12.1 Å². The highest BCUT2D eigenvalue weighted by atomic mass is 16.4. The van der Waals surface area contributed by atoms with E-state index in [1.807, 2.05) is 6.92 Å². The minimum Gasteiger partial charge on any atom is -0.508 e. The summed E-state index contributed by atoms with van der Waals surface area (Å²) in [7, 11) is 0. The van der Waals surface area contributed by atoms with E-state index in [2.05, 4.69) is 5.32 Å². The van der Waals surface area contributed by atoms with E-state index < -0.39 is 24.0 Å². The highest BCUT2D eigenvalue weighted by Gasteiger charge is 2.35. The number of phenols is 1. The number of hydrogen-bond donors (Lipinski definition) is 3. The normalized spacial score (nSPS) is 17.7. The molecule has 0 aromatic heterocycles. The van der Waals surface area contributed by atoms with Crippen LogP contribution in [-0.2, 0) is 20.8 Å². The molecule has 0 radical (unpaired) electrons. The number of phenolic OH excluding ortho intramolecular Hbond substituents is 1. The van der Waals surface area contributed by atoms with Crippen LogP contribution >= 0.6 is 0 Å². The summed E-state index contributed by atoms with van der Waals surface area (Å²) in [6.45, 7) is 2.54. The molecule has 2 amide bonds. The number of likely N-dealkylation sites (tertiary alicyclic amines) is 1. The van der Waals surface area contributed by atoms with Crippen LogP contribution in [0.4, 0.5) is 0 Å². The van der Waals surface area contributed by atoms with E-state index in [-0.39, 0.29) is 18.1 Å². The summed E-state index contributed by atoms with van der Waals surface area (Å²) in [4.78, 5) is 38.0. The number of aliphatic carboxylic acids is 1. The number of unbranched alkanes of at least 4 members (excludes halogenated alkanes) is 1. The molecule has 1 aromatic rings. The van der Waals surface area contributed by atoms with Gasteiger partial charge in [-0.2, -0.15) is 0 Å². The number of nitrogens with zero attached hydrogens (tertiary/aromatic N) is 1. The molecule has 0 bridgehead atoms. The number of nitrogens with one attached hydrogen (secondary N) is 1. The number of carbonyl (C=O) groups is 3. The summed E-state index contributed by atoms with van der Waals surface area (Å²) >= 11 is 0. The van der Waals surface area contributed by atoms with Crippen LogP contribution in [0, 0.1) is 0 Å². The Hall–Kier alpha value is -2.57. The smallest absolute Gasteiger partial charge is 0.326 e. The first-order valence-corrected chi connectivity index (χ1v) is 9.03. The van der Waals surface area contributed by atoms with Crippen LogP contribution in [0.2, 0.25) is 0 Å². The third kappa shape index (κ3) is 5.21. The Morgan fingerprint density at radius 2 is 1.96 bits per heavy atom. The fourth-order valence-electron chi connectivity index (χ4n) is 3.15. The van der Waals surface area contributed by atoms with Gasteiger partial charge in [-0.1, -0.05) is 25.5 Å². The summed E-state index contributed by atoms with van der Waals surface area (Å²) < 4.78 is 0. The second-order valence-corrected chi connectivity index (χ2v) is 6.62. The van der Waals surface area contributed by atoms with Gasteiger partial charge >= 0.3 is 5.97 Å². The Labute approximate surface area is 153 Å². The van der Waals surface area contributed by atoms with E-state index in [0.717, 1.165) is 19.3 Å². The molecule has 1 aliphatic heterocycles. The van der Waals surface area contributed by atoms with Gasteiger partial charge in [0, 0.05) is 19.4 Å². The molecule has 1 aliphatic rings. The molecule has 7 nitrogen and oxygen atoms in total. The van der Waals surface area contributed by atoms with Gasteiger partial charge in [0.15, 0.2) is 0 Å². The van der Waals surface area contributed by atoms with Crippen molar-refractivity contribution >= 4 is 17.8 Å². The highest BCUT2D eigenvalue weighted by Crippen LogP contribution is 2.20. The SMILES string of the molecule is CCCCC(=O)N1CCC[C@H]1C(=O)N[C@@H](Cc1ccc(O)cc1)C(=O)O. The number of aromatic hydroxyl groups is 1. The molecule has 2 atom stereocenters. The molecule has 1 heterocycles. The summed E-state index contributed by atoms with van der Waals surface area (Å²) in [5.41, 5.74) is 0.692. The Kier molecular flexibility index (Phi) is 7.00. The van der Waals surface area contributed by atoms with Gasteiger partial charge in [0.05, 0.1) is 0 Å². The zero-order valence-electron chi connectivity index (χ0n) is 15.0. The first kappa shape index (κ1) is 19.8. The molecule has 7 heteroatoms. The summed E-state index contributed by atoms with van der Waals surface area (Å²) in [5, 5.41) is 21.3. The zero-order valence-corrected chi connectivity index (χ0v) is 15.0. The first-order chi connectivity index (χ1) is 12.4. The van der Waals surface area contributed by atoms with Crippen molar-refractivity contribution in [1.82, 2.24) is 10.2 Å². The van der Waals surface area contributed by atoms with Gasteiger partial charge in [-0.15, -0.1) is 0 Å². The van der Waals surface area contributed by atoms with Crippen molar-refractivity contribution in [2.24, 2.45) is 0 Å². The number of hydrogen-bond acceptors (Lipinski definition) is 4. The van der Waals surface area contributed by atoms with Crippen molar-refractivity contribution in [3.8, 4) is 5.75 Å². The van der Waals surface area contributed by atoms with E-state index in [4.69, 9.17) is 0 Å². The Morgan fingerprint density at radius 1 is 1.27 bits per heavy atom. The largest absolute Gasteiger partial charge is 0.508 e. The monoisotopic (exact) mass is 362 g/mol. The van der Waals surface area contributed by atoms with Crippen LogP contribution in [-0.4, -0.2) is 51.5 Å². The number of benzene rings is 1. The van der Waals surface area contributed by atoms with Crippen LogP contribution in [0.25, 0.3) is 0 Å². The molecule has 3 N–H and O–H groups in total. The number of carbonyl (C=O) groups excluding carboxylic acids is 2. The predicted molar refractivity (Wildman–Crippen MR) is 95.6 cm³/mol. The van der Waals surface area contributed by atoms with Gasteiger partial charge in [-0.3, -0.25) is 9.59 Å². The quantitative estimate of drug-likeness (QED) is 0.652. The molecule has 2 rings (SSSR count). The molecule has 0 unspecified atom stereocenters. The second-order valence-electron chi connectivity index (χ2n) is 6.62. The molecule has 0 aliphatic carbocycles. The average Bonchev–Trinajstić information content (AvgIpc) is 3.10. The first-order valence-electron chi connectivity index (χ1n) is 9.03. The van der Waals surface area contributed by atoms with Crippen molar-refractivity contribution in [2.75, 3.05) is 6.54 Å². The van der Waals surface area contributed by atoms with Gasteiger partial charge in [0.25, 0.3) is 0 Å². The molecular formula is C19H26N2O5. The lowest BCUT2D eigenvalue weighted by Gasteiger charge is -2.25. The van der Waals surface area contributed by atoms with Gasteiger partial charge in [-0.25, -0.2) is 4.79 Å². The van der Waals surface area contributed by atoms with Gasteiger partial charge in [0.2, 0.25) is 11.8 Å². The topological polar surface area (TPSA) is 107 Å². The van der Waals surface area contributed by atoms with E-state index >= 15 is 0 Å². The summed E-state index contributed by atoms with van der Waals surface area (Å²) in [6.07, 6.45) is 3.50. The standard InChI is InChI=1S/C19H26N2O5/c1-2-3-6-17(23)21-11-4-5-16(21)18(24)20-15(19(25)26)12-13-7-9-14(22)10-8-13/h7-10,15-16,22H,2-6,11-12H2,1H3,(H,20,24)(H,25,26)/t15-,16-/m0/s1. The fourth-order valence-corrected chi connectivity index (χ4v) is 3.15. The Balaban J connectivity index is 2.00. The number of rotatable bonds is 8. The summed E-state index contributed by atoms with van der Waals surface area (Å²) in [5.74, 6) is -1.50. The molecule has 0 saturated carbocycles. The molecule has 1 fully saturated rings. The molecule has 0 spiro atoms. The minimum atomic E-state index is -1.13. The maximum absolute atomic E-state index is 12.6. The van der Waals surface area contributed by atoms with Crippen molar-refractivity contribution in [2.45, 2.75) is 57.5 Å². The fraction of sp³-hybridized carbons (Fsp3) is 0.526. The van der Waals surface area contributed by atoms with E-state index in [1.54, 1.807) is 17.0 Å². The second kappa shape index (κ2) is 9.22. The highest BCUT2D eigenvalue weighted by molar-refractivity contribution is 5.91. The molecule has 26 heavy (non-hydrogen) atoms. The Morgan fingerprint density at radius 3 is 2.58 bits per heavy atom. The predicted octanol–water partition coefficient (Wildman–Crippen LogP) is 1.69.